The Labute approximate surface area is 151 Å². The van der Waals surface area contributed by atoms with Gasteiger partial charge in [0.15, 0.2) is 5.16 Å². The number of anilines is 1. The molecule has 0 saturated carbocycles. The van der Waals surface area contributed by atoms with Gasteiger partial charge in [-0.3, -0.25) is 9.59 Å². The van der Waals surface area contributed by atoms with E-state index in [2.05, 4.69) is 20.6 Å². The van der Waals surface area contributed by atoms with Crippen molar-refractivity contribution in [1.29, 1.82) is 0 Å². The van der Waals surface area contributed by atoms with E-state index >= 15 is 0 Å². The van der Waals surface area contributed by atoms with Gasteiger partial charge in [0.05, 0.1) is 11.3 Å². The summed E-state index contributed by atoms with van der Waals surface area (Å²) in [7, 11) is 0. The first kappa shape index (κ1) is 18.9. The summed E-state index contributed by atoms with van der Waals surface area (Å²) in [5, 5.41) is 6.06. The summed E-state index contributed by atoms with van der Waals surface area (Å²) in [5.74, 6) is -0.101. The molecule has 0 aliphatic heterocycles. The van der Waals surface area contributed by atoms with Crippen molar-refractivity contribution in [2.45, 2.75) is 43.6 Å². The zero-order chi connectivity index (χ0) is 18.2. The zero-order valence-corrected chi connectivity index (χ0v) is 15.3. The van der Waals surface area contributed by atoms with Crippen LogP contribution in [0.4, 0.5) is 5.69 Å². The summed E-state index contributed by atoms with van der Waals surface area (Å²) >= 11 is 1.32. The smallest absolute Gasteiger partial charge is 0.233 e. The molecule has 0 spiro atoms. The van der Waals surface area contributed by atoms with Gasteiger partial charge in [0.2, 0.25) is 11.8 Å². The fraction of sp³-hybridized carbons (Fsp3) is 0.333. The first-order valence-corrected chi connectivity index (χ1v) is 9.01. The molecule has 7 heteroatoms. The largest absolute Gasteiger partial charge is 0.349 e. The number of amides is 2. The Hall–Kier alpha value is -2.41. The lowest BCUT2D eigenvalue weighted by Gasteiger charge is -2.17. The van der Waals surface area contributed by atoms with E-state index in [1.54, 1.807) is 25.4 Å². The van der Waals surface area contributed by atoms with Gasteiger partial charge in [0.1, 0.15) is 0 Å². The predicted molar refractivity (Wildman–Crippen MR) is 99.3 cm³/mol. The van der Waals surface area contributed by atoms with Gasteiger partial charge in [-0.25, -0.2) is 9.97 Å². The third-order valence-corrected chi connectivity index (χ3v) is 4.56. The molecule has 0 saturated heterocycles. The molecule has 2 N–H and O–H groups in total. The standard InChI is InChI=1S/C18H22N4O2S/c1-4-16(23)22-15-8-6-14(7-9-15)12(2)21-17(24)13(3)25-18-19-10-5-11-20-18/h5-13H,4H2,1-3H3,(H,21,24)(H,22,23). The van der Waals surface area contributed by atoms with Crippen LogP contribution in [0.25, 0.3) is 0 Å². The molecule has 25 heavy (non-hydrogen) atoms. The molecule has 2 aromatic rings. The quantitative estimate of drug-likeness (QED) is 0.587. The van der Waals surface area contributed by atoms with E-state index in [1.165, 1.54) is 11.8 Å². The number of rotatable bonds is 7. The average molecular weight is 358 g/mol. The Morgan fingerprint density at radius 1 is 1.12 bits per heavy atom. The summed E-state index contributed by atoms with van der Waals surface area (Å²) in [6.45, 7) is 5.56. The number of carbonyl (C=O) groups excluding carboxylic acids is 2. The second-order valence-electron chi connectivity index (χ2n) is 5.55. The molecule has 0 aliphatic carbocycles. The average Bonchev–Trinajstić information content (AvgIpc) is 2.62. The minimum absolute atomic E-state index is 0.0249. The highest BCUT2D eigenvalue weighted by Crippen LogP contribution is 2.21. The van der Waals surface area contributed by atoms with Gasteiger partial charge in [-0.05, 0) is 37.6 Å². The van der Waals surface area contributed by atoms with Crippen molar-refractivity contribution in [3.05, 3.63) is 48.3 Å². The van der Waals surface area contributed by atoms with Crippen LogP contribution in [0.3, 0.4) is 0 Å². The molecule has 2 rings (SSSR count). The Bertz CT molecular complexity index is 707. The van der Waals surface area contributed by atoms with E-state index in [1.807, 2.05) is 38.1 Å². The highest BCUT2D eigenvalue weighted by Gasteiger charge is 2.18. The Kier molecular flexibility index (Phi) is 6.94. The molecule has 2 unspecified atom stereocenters. The number of aromatic nitrogens is 2. The molecule has 2 atom stereocenters. The first-order valence-electron chi connectivity index (χ1n) is 8.13. The summed E-state index contributed by atoms with van der Waals surface area (Å²) in [6, 6.07) is 9.07. The van der Waals surface area contributed by atoms with E-state index in [0.29, 0.717) is 11.6 Å². The predicted octanol–water partition coefficient (Wildman–Crippen LogP) is 3.18. The molecule has 1 heterocycles. The van der Waals surface area contributed by atoms with Crippen molar-refractivity contribution in [3.63, 3.8) is 0 Å². The number of nitrogens with one attached hydrogen (secondary N) is 2. The van der Waals surface area contributed by atoms with Crippen molar-refractivity contribution < 1.29 is 9.59 Å². The summed E-state index contributed by atoms with van der Waals surface area (Å²) in [4.78, 5) is 32.0. The van der Waals surface area contributed by atoms with E-state index in [9.17, 15) is 9.59 Å². The van der Waals surface area contributed by atoms with Gasteiger partial charge in [0, 0.05) is 24.5 Å². The Balaban J connectivity index is 1.90. The fourth-order valence-corrected chi connectivity index (χ4v) is 2.81. The molecule has 0 fully saturated rings. The summed E-state index contributed by atoms with van der Waals surface area (Å²) < 4.78 is 0. The monoisotopic (exact) mass is 358 g/mol. The molecule has 0 radical (unpaired) electrons. The molecule has 0 bridgehead atoms. The van der Waals surface area contributed by atoms with Crippen LogP contribution < -0.4 is 10.6 Å². The van der Waals surface area contributed by atoms with Crippen molar-refractivity contribution in [2.75, 3.05) is 5.32 Å². The highest BCUT2D eigenvalue weighted by atomic mass is 32.2. The van der Waals surface area contributed by atoms with Crippen LogP contribution >= 0.6 is 11.8 Å². The van der Waals surface area contributed by atoms with Crippen LogP contribution in [0, 0.1) is 0 Å². The highest BCUT2D eigenvalue weighted by molar-refractivity contribution is 8.00. The van der Waals surface area contributed by atoms with E-state index in [0.717, 1.165) is 11.3 Å². The van der Waals surface area contributed by atoms with Crippen molar-refractivity contribution in [1.82, 2.24) is 15.3 Å². The molecule has 2 amide bonds. The molecular formula is C18H22N4O2S. The molecule has 132 valence electrons. The maximum Gasteiger partial charge on any atom is 0.233 e. The molecule has 1 aromatic carbocycles. The lowest BCUT2D eigenvalue weighted by Crippen LogP contribution is -2.33. The van der Waals surface area contributed by atoms with Gasteiger partial charge < -0.3 is 10.6 Å². The van der Waals surface area contributed by atoms with Gasteiger partial charge >= 0.3 is 0 Å². The molecule has 0 aliphatic rings. The van der Waals surface area contributed by atoms with Crippen molar-refractivity contribution >= 4 is 29.3 Å². The summed E-state index contributed by atoms with van der Waals surface area (Å²) in [6.07, 6.45) is 3.75. The number of carbonyl (C=O) groups is 2. The van der Waals surface area contributed by atoms with E-state index in [-0.39, 0.29) is 23.1 Å². The zero-order valence-electron chi connectivity index (χ0n) is 14.5. The summed E-state index contributed by atoms with van der Waals surface area (Å²) in [5.41, 5.74) is 1.72. The molecule has 6 nitrogen and oxygen atoms in total. The molecule has 1 aromatic heterocycles. The van der Waals surface area contributed by atoms with Crippen LogP contribution in [0.1, 0.15) is 38.8 Å². The van der Waals surface area contributed by atoms with Crippen LogP contribution in [0.2, 0.25) is 0 Å². The number of hydrogen-bond acceptors (Lipinski definition) is 5. The van der Waals surface area contributed by atoms with Crippen LogP contribution in [0.15, 0.2) is 47.9 Å². The minimum atomic E-state index is -0.298. The third-order valence-electron chi connectivity index (χ3n) is 3.57. The maximum atomic E-state index is 12.3. The lowest BCUT2D eigenvalue weighted by atomic mass is 10.1. The van der Waals surface area contributed by atoms with Crippen LogP contribution in [0.5, 0.6) is 0 Å². The van der Waals surface area contributed by atoms with E-state index in [4.69, 9.17) is 0 Å². The Morgan fingerprint density at radius 3 is 2.36 bits per heavy atom. The third kappa shape index (κ3) is 5.86. The van der Waals surface area contributed by atoms with Gasteiger partial charge in [-0.15, -0.1) is 0 Å². The van der Waals surface area contributed by atoms with Crippen molar-refractivity contribution in [2.24, 2.45) is 0 Å². The van der Waals surface area contributed by atoms with Gasteiger partial charge in [-0.2, -0.15) is 0 Å². The van der Waals surface area contributed by atoms with Crippen molar-refractivity contribution in [3.8, 4) is 0 Å². The van der Waals surface area contributed by atoms with Crippen LogP contribution in [-0.4, -0.2) is 27.0 Å². The second kappa shape index (κ2) is 9.17. The second-order valence-corrected chi connectivity index (χ2v) is 6.85. The van der Waals surface area contributed by atoms with Crippen LogP contribution in [-0.2, 0) is 9.59 Å². The number of nitrogens with zero attached hydrogens (tertiary/aromatic N) is 2. The lowest BCUT2D eigenvalue weighted by molar-refractivity contribution is -0.121. The number of benzene rings is 1. The normalized spacial score (nSPS) is 12.9. The minimum Gasteiger partial charge on any atom is -0.349 e. The Morgan fingerprint density at radius 2 is 1.76 bits per heavy atom. The fourth-order valence-electron chi connectivity index (χ4n) is 2.08. The molecular weight excluding hydrogens is 336 g/mol. The SMILES string of the molecule is CCC(=O)Nc1ccc(C(C)NC(=O)C(C)Sc2ncccn2)cc1. The maximum absolute atomic E-state index is 12.3. The number of thioether (sulfide) groups is 1. The first-order chi connectivity index (χ1) is 12.0. The van der Waals surface area contributed by atoms with E-state index < -0.39 is 0 Å². The van der Waals surface area contributed by atoms with Gasteiger partial charge in [-0.1, -0.05) is 30.8 Å². The van der Waals surface area contributed by atoms with Gasteiger partial charge in [0.25, 0.3) is 0 Å². The number of hydrogen-bond donors (Lipinski definition) is 2. The topological polar surface area (TPSA) is 84.0 Å².